The van der Waals surface area contributed by atoms with Gasteiger partial charge in [-0.05, 0) is 74.0 Å². The van der Waals surface area contributed by atoms with E-state index in [1.807, 2.05) is 50.2 Å². The highest BCUT2D eigenvalue weighted by atomic mass is 16.5. The predicted molar refractivity (Wildman–Crippen MR) is 128 cm³/mol. The minimum absolute atomic E-state index is 0.314. The van der Waals surface area contributed by atoms with Gasteiger partial charge in [0.15, 0.2) is 11.5 Å². The van der Waals surface area contributed by atoms with Crippen LogP contribution < -0.4 is 24.8 Å². The summed E-state index contributed by atoms with van der Waals surface area (Å²) in [5, 5.41) is 6.02. The molecular weight excluding hydrogens is 420 g/mol. The fourth-order valence-electron chi connectivity index (χ4n) is 2.95. The van der Waals surface area contributed by atoms with E-state index in [4.69, 9.17) is 14.2 Å². The molecule has 0 saturated carbocycles. The van der Waals surface area contributed by atoms with Crippen LogP contribution in [-0.4, -0.2) is 37.2 Å². The molecule has 1 heterocycles. The van der Waals surface area contributed by atoms with E-state index in [0.717, 1.165) is 17.0 Å². The van der Waals surface area contributed by atoms with Gasteiger partial charge in [-0.3, -0.25) is 15.1 Å². The van der Waals surface area contributed by atoms with Crippen molar-refractivity contribution in [3.63, 3.8) is 0 Å². The monoisotopic (exact) mass is 448 g/mol. The topological polar surface area (TPSA) is 94.1 Å². The number of carbonyl (C=O) groups is 1. The Morgan fingerprint density at radius 1 is 0.939 bits per heavy atom. The molecule has 3 aromatic rings. The molecule has 0 atom stereocenters. The number of nitrogens with one attached hydrogen (secondary N) is 2. The Morgan fingerprint density at radius 3 is 2.30 bits per heavy atom. The summed E-state index contributed by atoms with van der Waals surface area (Å²) >= 11 is 0. The normalized spacial score (nSPS) is 10.9. The van der Waals surface area contributed by atoms with E-state index >= 15 is 0 Å². The minimum atomic E-state index is -0.325. The number of benzene rings is 2. The Kier molecular flexibility index (Phi) is 8.64. The van der Waals surface area contributed by atoms with Gasteiger partial charge in [-0.25, -0.2) is 4.99 Å². The van der Waals surface area contributed by atoms with Gasteiger partial charge in [0.1, 0.15) is 5.75 Å². The molecule has 2 N–H and O–H groups in total. The summed E-state index contributed by atoms with van der Waals surface area (Å²) in [6.07, 6.45) is 3.41. The van der Waals surface area contributed by atoms with Crippen LogP contribution in [0.1, 0.15) is 29.8 Å². The Morgan fingerprint density at radius 2 is 1.64 bits per heavy atom. The van der Waals surface area contributed by atoms with E-state index in [1.165, 1.54) is 0 Å². The van der Waals surface area contributed by atoms with Gasteiger partial charge < -0.3 is 19.5 Å². The predicted octanol–water partition coefficient (Wildman–Crippen LogP) is 4.29. The first kappa shape index (κ1) is 23.6. The highest BCUT2D eigenvalue weighted by Gasteiger charge is 2.14. The molecule has 172 valence electrons. The highest BCUT2D eigenvalue weighted by Crippen LogP contribution is 2.28. The Balaban J connectivity index is 1.81. The van der Waals surface area contributed by atoms with Gasteiger partial charge >= 0.3 is 0 Å². The van der Waals surface area contributed by atoms with Crippen molar-refractivity contribution in [2.75, 3.05) is 25.6 Å². The van der Waals surface area contributed by atoms with Crippen molar-refractivity contribution in [1.29, 1.82) is 0 Å². The summed E-state index contributed by atoms with van der Waals surface area (Å²) in [6, 6.07) is 16.2. The number of pyridine rings is 1. The number of hydrogen-bond donors (Lipinski definition) is 2. The zero-order valence-corrected chi connectivity index (χ0v) is 19.0. The lowest BCUT2D eigenvalue weighted by molar-refractivity contribution is 0.0976. The molecule has 0 aliphatic rings. The molecule has 0 saturated heterocycles. The number of methoxy groups -OCH3 is 1. The smallest absolute Gasteiger partial charge is 0.258 e. The number of nitrogens with zero attached hydrogens (tertiary/aromatic N) is 2. The summed E-state index contributed by atoms with van der Waals surface area (Å²) in [4.78, 5) is 21.6. The molecule has 0 bridgehead atoms. The van der Waals surface area contributed by atoms with Crippen molar-refractivity contribution < 1.29 is 19.0 Å². The molecule has 8 heteroatoms. The van der Waals surface area contributed by atoms with E-state index in [9.17, 15) is 4.79 Å². The number of aliphatic imine (C=N–C) groups is 1. The van der Waals surface area contributed by atoms with Crippen molar-refractivity contribution in [3.8, 4) is 17.2 Å². The van der Waals surface area contributed by atoms with Crippen LogP contribution in [0.25, 0.3) is 0 Å². The molecule has 8 nitrogen and oxygen atoms in total. The van der Waals surface area contributed by atoms with Gasteiger partial charge in [-0.15, -0.1) is 0 Å². The van der Waals surface area contributed by atoms with Crippen LogP contribution in [0.3, 0.4) is 0 Å². The second-order valence-corrected chi connectivity index (χ2v) is 6.86. The number of rotatable bonds is 9. The maximum absolute atomic E-state index is 13.0. The maximum atomic E-state index is 13.0. The van der Waals surface area contributed by atoms with E-state index in [0.29, 0.717) is 42.8 Å². The van der Waals surface area contributed by atoms with Crippen LogP contribution in [0.15, 0.2) is 72.0 Å². The van der Waals surface area contributed by atoms with Gasteiger partial charge in [0, 0.05) is 23.6 Å². The van der Waals surface area contributed by atoms with Crippen LogP contribution in [0.4, 0.5) is 5.69 Å². The molecule has 0 fully saturated rings. The van der Waals surface area contributed by atoms with Crippen LogP contribution in [0, 0.1) is 0 Å². The lowest BCUT2D eigenvalue weighted by atomic mass is 10.2. The third-order valence-electron chi connectivity index (χ3n) is 4.56. The van der Waals surface area contributed by atoms with Crippen LogP contribution in [-0.2, 0) is 6.54 Å². The van der Waals surface area contributed by atoms with Crippen molar-refractivity contribution in [3.05, 3.63) is 78.1 Å². The molecule has 1 aromatic heterocycles. The molecule has 33 heavy (non-hydrogen) atoms. The average Bonchev–Trinajstić information content (AvgIpc) is 2.85. The zero-order valence-electron chi connectivity index (χ0n) is 19.0. The van der Waals surface area contributed by atoms with E-state index in [1.54, 1.807) is 37.7 Å². The van der Waals surface area contributed by atoms with Crippen LogP contribution in [0.2, 0.25) is 0 Å². The lowest BCUT2D eigenvalue weighted by Crippen LogP contribution is -2.36. The van der Waals surface area contributed by atoms with Gasteiger partial charge in [0.25, 0.3) is 5.91 Å². The highest BCUT2D eigenvalue weighted by molar-refractivity contribution is 6.10. The van der Waals surface area contributed by atoms with Gasteiger partial charge in [-0.2, -0.15) is 0 Å². The fourth-order valence-corrected chi connectivity index (χ4v) is 2.95. The van der Waals surface area contributed by atoms with Crippen molar-refractivity contribution >= 4 is 17.6 Å². The van der Waals surface area contributed by atoms with Crippen molar-refractivity contribution in [1.82, 2.24) is 10.3 Å². The minimum Gasteiger partial charge on any atom is -0.497 e. The van der Waals surface area contributed by atoms with E-state index in [2.05, 4.69) is 20.6 Å². The lowest BCUT2D eigenvalue weighted by Gasteiger charge is -2.14. The third-order valence-corrected chi connectivity index (χ3v) is 4.56. The standard InChI is InChI=1S/C25H28N4O4/c1-4-32-22-11-6-19(16-23(22)33-5-2)24(30)29-25(27-17-18-12-14-26-15-13-18)28-20-7-9-21(31-3)10-8-20/h6-16H,4-5,17H2,1-3H3,(H2,27,28,29,30). The molecule has 0 spiro atoms. The largest absolute Gasteiger partial charge is 0.497 e. The molecule has 2 aromatic carbocycles. The first-order valence-electron chi connectivity index (χ1n) is 10.7. The van der Waals surface area contributed by atoms with Crippen molar-refractivity contribution in [2.24, 2.45) is 4.99 Å². The summed E-state index contributed by atoms with van der Waals surface area (Å²) in [7, 11) is 1.61. The first-order chi connectivity index (χ1) is 16.1. The third kappa shape index (κ3) is 6.96. The van der Waals surface area contributed by atoms with Gasteiger partial charge in [0.2, 0.25) is 5.96 Å². The Labute approximate surface area is 193 Å². The quantitative estimate of drug-likeness (QED) is 0.375. The molecular formula is C25H28N4O4. The summed E-state index contributed by atoms with van der Waals surface area (Å²) in [6.45, 7) is 5.11. The summed E-state index contributed by atoms with van der Waals surface area (Å²) in [5.41, 5.74) is 2.15. The van der Waals surface area contributed by atoms with E-state index < -0.39 is 0 Å². The number of guanidine groups is 1. The van der Waals surface area contributed by atoms with Crippen molar-refractivity contribution in [2.45, 2.75) is 20.4 Å². The number of carbonyl (C=O) groups excluding carboxylic acids is 1. The van der Waals surface area contributed by atoms with Crippen LogP contribution in [0.5, 0.6) is 17.2 Å². The maximum Gasteiger partial charge on any atom is 0.258 e. The SMILES string of the molecule is CCOc1ccc(C(=O)NC(=NCc2ccncc2)Nc2ccc(OC)cc2)cc1OCC. The molecule has 3 rings (SSSR count). The number of ether oxygens (including phenoxy) is 3. The van der Waals surface area contributed by atoms with E-state index in [-0.39, 0.29) is 5.91 Å². The fraction of sp³-hybridized carbons (Fsp3) is 0.240. The van der Waals surface area contributed by atoms with Gasteiger partial charge in [0.05, 0.1) is 26.9 Å². The number of hydrogen-bond acceptors (Lipinski definition) is 6. The molecule has 0 aliphatic carbocycles. The Hall–Kier alpha value is -4.07. The molecule has 0 radical (unpaired) electrons. The number of amides is 1. The molecule has 0 unspecified atom stereocenters. The zero-order chi connectivity index (χ0) is 23.5. The Bertz CT molecular complexity index is 1070. The van der Waals surface area contributed by atoms with Crippen LogP contribution >= 0.6 is 0 Å². The average molecular weight is 449 g/mol. The first-order valence-corrected chi connectivity index (χ1v) is 10.7. The summed E-state index contributed by atoms with van der Waals surface area (Å²) < 4.78 is 16.4. The van der Waals surface area contributed by atoms with Gasteiger partial charge in [-0.1, -0.05) is 0 Å². The number of anilines is 1. The molecule has 0 aliphatic heterocycles. The second-order valence-electron chi connectivity index (χ2n) is 6.86. The molecule has 1 amide bonds. The summed E-state index contributed by atoms with van der Waals surface area (Å²) in [5.74, 6) is 1.84. The second kappa shape index (κ2) is 12.1. The number of aromatic nitrogens is 1.